The van der Waals surface area contributed by atoms with Crippen molar-refractivity contribution in [2.45, 2.75) is 71.4 Å². The van der Waals surface area contributed by atoms with Crippen LogP contribution in [0.2, 0.25) is 0 Å². The van der Waals surface area contributed by atoms with Crippen molar-refractivity contribution in [3.05, 3.63) is 0 Å². The molecule has 2 aliphatic heterocycles. The lowest BCUT2D eigenvalue weighted by molar-refractivity contribution is -0.117. The number of nitrogens with one attached hydrogen (secondary N) is 1. The van der Waals surface area contributed by atoms with Gasteiger partial charge in [0.15, 0.2) is 0 Å². The summed E-state index contributed by atoms with van der Waals surface area (Å²) in [5.41, 5.74) is 0.627. The summed E-state index contributed by atoms with van der Waals surface area (Å²) in [6.45, 7) is 15.2. The van der Waals surface area contributed by atoms with Gasteiger partial charge in [-0.05, 0) is 57.9 Å². The summed E-state index contributed by atoms with van der Waals surface area (Å²) >= 11 is 0. The van der Waals surface area contributed by atoms with Crippen LogP contribution in [0.4, 0.5) is 0 Å². The molecule has 0 bridgehead atoms. The molecule has 1 N–H and O–H groups in total. The molecule has 2 saturated heterocycles. The fourth-order valence-corrected chi connectivity index (χ4v) is 3.52. The quantitative estimate of drug-likeness (QED) is 0.858. The van der Waals surface area contributed by atoms with Crippen molar-refractivity contribution in [3.63, 3.8) is 0 Å². The molecule has 2 unspecified atom stereocenters. The predicted molar refractivity (Wildman–Crippen MR) is 83.0 cm³/mol. The highest BCUT2D eigenvalue weighted by atomic mass is 16.6. The van der Waals surface area contributed by atoms with Crippen LogP contribution in [0.1, 0.15) is 60.3 Å². The second kappa shape index (κ2) is 5.94. The molecular weight excluding hydrogens is 250 g/mol. The van der Waals surface area contributed by atoms with E-state index in [2.05, 4.69) is 39.9 Å². The summed E-state index contributed by atoms with van der Waals surface area (Å²) in [4.78, 5) is 0. The second-order valence-electron chi connectivity index (χ2n) is 8.44. The van der Waals surface area contributed by atoms with Gasteiger partial charge in [-0.3, -0.25) is 0 Å². The molecular formula is C17H33NO2. The minimum atomic E-state index is 0.0393. The fraction of sp³-hybridized carbons (Fsp3) is 1.00. The van der Waals surface area contributed by atoms with Gasteiger partial charge in [-0.2, -0.15) is 0 Å². The lowest BCUT2D eigenvalue weighted by Crippen LogP contribution is -2.45. The molecule has 0 radical (unpaired) electrons. The number of hydrogen-bond acceptors (Lipinski definition) is 3. The van der Waals surface area contributed by atoms with Gasteiger partial charge in [0.25, 0.3) is 0 Å². The van der Waals surface area contributed by atoms with Gasteiger partial charge in [-0.15, -0.1) is 0 Å². The zero-order valence-corrected chi connectivity index (χ0v) is 14.1. The number of ether oxygens (including phenoxy) is 2. The van der Waals surface area contributed by atoms with Gasteiger partial charge < -0.3 is 14.8 Å². The molecule has 0 saturated carbocycles. The molecule has 0 aromatic heterocycles. The molecule has 20 heavy (non-hydrogen) atoms. The average molecular weight is 283 g/mol. The molecule has 0 aromatic rings. The summed E-state index contributed by atoms with van der Waals surface area (Å²) in [5.74, 6) is 0.750. The van der Waals surface area contributed by atoms with Gasteiger partial charge in [-0.1, -0.05) is 13.8 Å². The van der Waals surface area contributed by atoms with Crippen molar-refractivity contribution in [2.24, 2.45) is 11.3 Å². The predicted octanol–water partition coefficient (Wildman–Crippen LogP) is 3.38. The molecule has 3 nitrogen and oxygen atoms in total. The van der Waals surface area contributed by atoms with Crippen molar-refractivity contribution in [3.8, 4) is 0 Å². The molecule has 3 heteroatoms. The summed E-state index contributed by atoms with van der Waals surface area (Å²) in [6.07, 6.45) is 4.69. The Kier molecular flexibility index (Phi) is 4.83. The van der Waals surface area contributed by atoms with E-state index in [-0.39, 0.29) is 11.1 Å². The molecule has 118 valence electrons. The zero-order chi connectivity index (χ0) is 14.9. The molecule has 0 aromatic carbocycles. The standard InChI is InChI=1S/C17H33NO2/c1-15(2,3)18-9-7-16(4,5)14-6-10-20-17(12-14)8-11-19-13-17/h14,18H,6-13H2,1-5H3. The van der Waals surface area contributed by atoms with Gasteiger partial charge >= 0.3 is 0 Å². The van der Waals surface area contributed by atoms with Crippen LogP contribution in [0, 0.1) is 11.3 Å². The highest BCUT2D eigenvalue weighted by molar-refractivity contribution is 4.94. The summed E-state index contributed by atoms with van der Waals surface area (Å²) in [5, 5.41) is 3.62. The van der Waals surface area contributed by atoms with E-state index in [4.69, 9.17) is 9.47 Å². The van der Waals surface area contributed by atoms with E-state index in [1.54, 1.807) is 0 Å². The molecule has 0 aliphatic carbocycles. The summed E-state index contributed by atoms with van der Waals surface area (Å²) in [6, 6.07) is 0. The molecule has 1 spiro atoms. The Balaban J connectivity index is 1.88. The largest absolute Gasteiger partial charge is 0.378 e. The fourth-order valence-electron chi connectivity index (χ4n) is 3.52. The van der Waals surface area contributed by atoms with Gasteiger partial charge in [0.2, 0.25) is 0 Å². The van der Waals surface area contributed by atoms with Crippen LogP contribution in [0.5, 0.6) is 0 Å². The monoisotopic (exact) mass is 283 g/mol. The molecule has 0 amide bonds. The van der Waals surface area contributed by atoms with Crippen LogP contribution >= 0.6 is 0 Å². The van der Waals surface area contributed by atoms with Gasteiger partial charge in [-0.25, -0.2) is 0 Å². The van der Waals surface area contributed by atoms with Crippen molar-refractivity contribution in [1.82, 2.24) is 5.32 Å². The molecule has 2 aliphatic rings. The van der Waals surface area contributed by atoms with E-state index in [1.807, 2.05) is 0 Å². The number of rotatable bonds is 4. The first-order valence-corrected chi connectivity index (χ1v) is 8.19. The van der Waals surface area contributed by atoms with E-state index < -0.39 is 0 Å². The van der Waals surface area contributed by atoms with E-state index >= 15 is 0 Å². The zero-order valence-electron chi connectivity index (χ0n) is 14.1. The normalized spacial score (nSPS) is 31.9. The van der Waals surface area contributed by atoms with Crippen molar-refractivity contribution in [1.29, 1.82) is 0 Å². The highest BCUT2D eigenvalue weighted by Gasteiger charge is 2.44. The van der Waals surface area contributed by atoms with Crippen molar-refractivity contribution in [2.75, 3.05) is 26.4 Å². The number of hydrogen-bond donors (Lipinski definition) is 1. The first kappa shape index (κ1) is 16.3. The van der Waals surface area contributed by atoms with Crippen molar-refractivity contribution < 1.29 is 9.47 Å². The molecule has 2 fully saturated rings. The third-order valence-corrected chi connectivity index (χ3v) is 5.09. The minimum absolute atomic E-state index is 0.0393. The summed E-state index contributed by atoms with van der Waals surface area (Å²) in [7, 11) is 0. The maximum Gasteiger partial charge on any atom is 0.0939 e. The Bertz CT molecular complexity index is 313. The highest BCUT2D eigenvalue weighted by Crippen LogP contribution is 2.44. The Morgan fingerprint density at radius 3 is 2.50 bits per heavy atom. The SMILES string of the molecule is CC(C)(C)NCCC(C)(C)C1CCOC2(CCOC2)C1. The Morgan fingerprint density at radius 1 is 1.15 bits per heavy atom. The van der Waals surface area contributed by atoms with Crippen molar-refractivity contribution >= 4 is 0 Å². The van der Waals surface area contributed by atoms with E-state index in [1.165, 1.54) is 19.3 Å². The third kappa shape index (κ3) is 4.19. The average Bonchev–Trinajstić information content (AvgIpc) is 2.75. The Hall–Kier alpha value is -0.120. The third-order valence-electron chi connectivity index (χ3n) is 5.09. The van der Waals surface area contributed by atoms with Gasteiger partial charge in [0, 0.05) is 25.2 Å². The Labute approximate surface area is 124 Å². The van der Waals surface area contributed by atoms with Gasteiger partial charge in [0.05, 0.1) is 12.2 Å². The smallest absolute Gasteiger partial charge is 0.0939 e. The lowest BCUT2D eigenvalue weighted by atomic mass is 9.68. The lowest BCUT2D eigenvalue weighted by Gasteiger charge is -2.44. The van der Waals surface area contributed by atoms with Crippen LogP contribution < -0.4 is 5.32 Å². The van der Waals surface area contributed by atoms with E-state index in [0.717, 1.165) is 38.7 Å². The maximum atomic E-state index is 6.07. The minimum Gasteiger partial charge on any atom is -0.378 e. The summed E-state index contributed by atoms with van der Waals surface area (Å²) < 4.78 is 11.7. The molecule has 2 atom stereocenters. The van der Waals surface area contributed by atoms with Crippen LogP contribution in [-0.2, 0) is 9.47 Å². The van der Waals surface area contributed by atoms with Gasteiger partial charge in [0.1, 0.15) is 0 Å². The van der Waals surface area contributed by atoms with Crippen LogP contribution in [0.3, 0.4) is 0 Å². The first-order valence-electron chi connectivity index (χ1n) is 8.19. The van der Waals surface area contributed by atoms with Crippen LogP contribution in [-0.4, -0.2) is 37.5 Å². The topological polar surface area (TPSA) is 30.5 Å². The Morgan fingerprint density at radius 2 is 1.90 bits per heavy atom. The van der Waals surface area contributed by atoms with Crippen LogP contribution in [0.15, 0.2) is 0 Å². The first-order chi connectivity index (χ1) is 9.23. The second-order valence-corrected chi connectivity index (χ2v) is 8.44. The molecule has 2 rings (SSSR count). The maximum absolute atomic E-state index is 6.07. The molecule has 2 heterocycles. The van der Waals surface area contributed by atoms with Crippen LogP contribution in [0.25, 0.3) is 0 Å². The van der Waals surface area contributed by atoms with E-state index in [9.17, 15) is 0 Å². The van der Waals surface area contributed by atoms with E-state index in [0.29, 0.717) is 5.41 Å².